The van der Waals surface area contributed by atoms with Gasteiger partial charge in [0.2, 0.25) is 0 Å². The molecule has 0 aromatic rings. The molecule has 4 rings (SSSR count). The highest BCUT2D eigenvalue weighted by Gasteiger charge is 2.53. The molecule has 0 aromatic heterocycles. The smallest absolute Gasteiger partial charge is 0.0158 e. The molecular weight excluding hydrogens is 330 g/mol. The van der Waals surface area contributed by atoms with Crippen molar-refractivity contribution in [3.63, 3.8) is 0 Å². The average molecular weight is 376 g/mol. The molecule has 3 aliphatic heterocycles. The van der Waals surface area contributed by atoms with Crippen LogP contribution < -0.4 is 0 Å². The van der Waals surface area contributed by atoms with Crippen LogP contribution in [0.3, 0.4) is 0 Å². The Labute approximate surface area is 168 Å². The van der Waals surface area contributed by atoms with Crippen molar-refractivity contribution >= 4 is 0 Å². The van der Waals surface area contributed by atoms with Crippen LogP contribution in [0.1, 0.15) is 80.1 Å². The van der Waals surface area contributed by atoms with Gasteiger partial charge in [-0.1, -0.05) is 0 Å². The molecule has 27 heavy (non-hydrogen) atoms. The molecule has 3 atom stereocenters. The zero-order valence-corrected chi connectivity index (χ0v) is 19.3. The molecular formula is C24H45N3. The minimum Gasteiger partial charge on any atom is -0.305 e. The van der Waals surface area contributed by atoms with Crippen LogP contribution in [0.5, 0.6) is 0 Å². The standard InChI is InChI=1S/C24H45N3/c1-19-12-24(15-25(7)16-24)18-27(19)22(5,6)13-20-8-9-23(14-20)10-11-26(17-23)21(2,3)4/h19-20H,8-18H2,1-7H3. The van der Waals surface area contributed by atoms with Gasteiger partial charge in [0.25, 0.3) is 0 Å². The highest BCUT2D eigenvalue weighted by Crippen LogP contribution is 2.52. The summed E-state index contributed by atoms with van der Waals surface area (Å²) in [6, 6.07) is 0.756. The van der Waals surface area contributed by atoms with Crippen LogP contribution in [0, 0.1) is 16.7 Å². The Morgan fingerprint density at radius 1 is 0.889 bits per heavy atom. The van der Waals surface area contributed by atoms with Crippen molar-refractivity contribution in [1.29, 1.82) is 0 Å². The van der Waals surface area contributed by atoms with Gasteiger partial charge >= 0.3 is 0 Å². The van der Waals surface area contributed by atoms with Gasteiger partial charge in [-0.25, -0.2) is 0 Å². The topological polar surface area (TPSA) is 9.72 Å². The summed E-state index contributed by atoms with van der Waals surface area (Å²) in [5.41, 5.74) is 1.95. The third kappa shape index (κ3) is 3.73. The average Bonchev–Trinajstić information content (AvgIpc) is 3.17. The monoisotopic (exact) mass is 375 g/mol. The fourth-order valence-corrected chi connectivity index (χ4v) is 7.66. The molecule has 4 fully saturated rings. The summed E-state index contributed by atoms with van der Waals surface area (Å²) >= 11 is 0. The predicted molar refractivity (Wildman–Crippen MR) is 115 cm³/mol. The van der Waals surface area contributed by atoms with Crippen molar-refractivity contribution < 1.29 is 0 Å². The van der Waals surface area contributed by atoms with Crippen molar-refractivity contribution in [1.82, 2.24) is 14.7 Å². The van der Waals surface area contributed by atoms with E-state index in [-0.39, 0.29) is 0 Å². The van der Waals surface area contributed by atoms with Gasteiger partial charge in [-0.3, -0.25) is 9.80 Å². The van der Waals surface area contributed by atoms with Crippen LogP contribution in [0.15, 0.2) is 0 Å². The molecule has 3 saturated heterocycles. The first kappa shape index (κ1) is 20.2. The van der Waals surface area contributed by atoms with Gasteiger partial charge in [0.05, 0.1) is 0 Å². The van der Waals surface area contributed by atoms with E-state index in [0.29, 0.717) is 21.9 Å². The maximum absolute atomic E-state index is 2.89. The van der Waals surface area contributed by atoms with E-state index in [4.69, 9.17) is 0 Å². The van der Waals surface area contributed by atoms with Crippen LogP contribution in [-0.4, -0.2) is 71.6 Å². The van der Waals surface area contributed by atoms with Crippen molar-refractivity contribution in [2.24, 2.45) is 16.7 Å². The molecule has 4 aliphatic rings. The molecule has 3 heterocycles. The quantitative estimate of drug-likeness (QED) is 0.720. The van der Waals surface area contributed by atoms with Crippen LogP contribution >= 0.6 is 0 Å². The first-order valence-electron chi connectivity index (χ1n) is 11.6. The van der Waals surface area contributed by atoms with Gasteiger partial charge in [0, 0.05) is 48.7 Å². The van der Waals surface area contributed by atoms with Crippen LogP contribution in [0.2, 0.25) is 0 Å². The van der Waals surface area contributed by atoms with E-state index < -0.39 is 0 Å². The molecule has 1 aliphatic carbocycles. The van der Waals surface area contributed by atoms with Gasteiger partial charge in [-0.05, 0) is 105 Å². The predicted octanol–water partition coefficient (Wildman–Crippen LogP) is 4.47. The SMILES string of the molecule is CC1CC2(CN(C)C2)CN1C(C)(C)CC1CCC2(CCN(C(C)(C)C)C2)C1. The third-order valence-corrected chi connectivity index (χ3v) is 8.73. The normalized spacial score (nSPS) is 38.3. The summed E-state index contributed by atoms with van der Waals surface area (Å²) in [6.45, 7) is 21.4. The Bertz CT molecular complexity index is 556. The lowest BCUT2D eigenvalue weighted by Crippen LogP contribution is -2.57. The molecule has 2 spiro atoms. The molecule has 0 bridgehead atoms. The lowest BCUT2D eigenvalue weighted by molar-refractivity contribution is 0.0129. The molecule has 0 aromatic carbocycles. The van der Waals surface area contributed by atoms with E-state index >= 15 is 0 Å². The Morgan fingerprint density at radius 3 is 2.19 bits per heavy atom. The number of nitrogens with zero attached hydrogens (tertiary/aromatic N) is 3. The lowest BCUT2D eigenvalue weighted by atomic mass is 9.78. The number of hydrogen-bond donors (Lipinski definition) is 0. The van der Waals surface area contributed by atoms with Crippen LogP contribution in [-0.2, 0) is 0 Å². The number of rotatable bonds is 3. The lowest BCUT2D eigenvalue weighted by Gasteiger charge is -2.47. The second-order valence-electron chi connectivity index (χ2n) is 12.8. The molecule has 0 N–H and O–H groups in total. The molecule has 156 valence electrons. The van der Waals surface area contributed by atoms with E-state index in [2.05, 4.69) is 63.3 Å². The van der Waals surface area contributed by atoms with Gasteiger partial charge in [0.15, 0.2) is 0 Å². The second kappa shape index (κ2) is 6.44. The second-order valence-corrected chi connectivity index (χ2v) is 12.8. The van der Waals surface area contributed by atoms with E-state index in [9.17, 15) is 0 Å². The van der Waals surface area contributed by atoms with E-state index in [0.717, 1.165) is 12.0 Å². The van der Waals surface area contributed by atoms with Crippen LogP contribution in [0.25, 0.3) is 0 Å². The molecule has 0 radical (unpaired) electrons. The Hall–Kier alpha value is -0.120. The fraction of sp³-hybridized carbons (Fsp3) is 1.00. The van der Waals surface area contributed by atoms with Crippen molar-refractivity contribution in [3.05, 3.63) is 0 Å². The summed E-state index contributed by atoms with van der Waals surface area (Å²) in [4.78, 5) is 8.14. The number of likely N-dealkylation sites (tertiary alicyclic amines) is 3. The first-order chi connectivity index (χ1) is 12.4. The van der Waals surface area contributed by atoms with Crippen molar-refractivity contribution in [3.8, 4) is 0 Å². The Balaban J connectivity index is 1.36. The van der Waals surface area contributed by atoms with Gasteiger partial charge < -0.3 is 4.90 Å². The summed E-state index contributed by atoms with van der Waals surface area (Å²) in [5.74, 6) is 0.938. The zero-order chi connectivity index (χ0) is 19.7. The van der Waals surface area contributed by atoms with Gasteiger partial charge in [-0.2, -0.15) is 0 Å². The first-order valence-corrected chi connectivity index (χ1v) is 11.6. The van der Waals surface area contributed by atoms with Crippen LogP contribution in [0.4, 0.5) is 0 Å². The molecule has 3 heteroatoms. The Kier molecular flexibility index (Phi) is 4.81. The maximum atomic E-state index is 2.89. The zero-order valence-electron chi connectivity index (χ0n) is 19.3. The number of hydrogen-bond acceptors (Lipinski definition) is 3. The minimum absolute atomic E-state index is 0.343. The summed E-state index contributed by atoms with van der Waals surface area (Å²) in [7, 11) is 2.28. The molecule has 1 saturated carbocycles. The maximum Gasteiger partial charge on any atom is 0.0158 e. The van der Waals surface area contributed by atoms with Gasteiger partial charge in [0.1, 0.15) is 0 Å². The molecule has 3 nitrogen and oxygen atoms in total. The largest absolute Gasteiger partial charge is 0.305 e. The van der Waals surface area contributed by atoms with E-state index in [1.165, 1.54) is 71.2 Å². The van der Waals surface area contributed by atoms with E-state index in [1.54, 1.807) is 0 Å². The highest BCUT2D eigenvalue weighted by atomic mass is 15.3. The van der Waals surface area contributed by atoms with Crippen molar-refractivity contribution in [2.45, 2.75) is 97.2 Å². The molecule has 3 unspecified atom stereocenters. The van der Waals surface area contributed by atoms with Crippen molar-refractivity contribution in [2.75, 3.05) is 39.8 Å². The third-order valence-electron chi connectivity index (χ3n) is 8.73. The minimum atomic E-state index is 0.343. The fourth-order valence-electron chi connectivity index (χ4n) is 7.66. The Morgan fingerprint density at radius 2 is 1.59 bits per heavy atom. The summed E-state index contributed by atoms with van der Waals surface area (Å²) in [5, 5.41) is 0. The molecule has 0 amide bonds. The summed E-state index contributed by atoms with van der Waals surface area (Å²) in [6.07, 6.45) is 8.69. The highest BCUT2D eigenvalue weighted by molar-refractivity contribution is 5.07. The van der Waals surface area contributed by atoms with Gasteiger partial charge in [-0.15, -0.1) is 0 Å². The summed E-state index contributed by atoms with van der Waals surface area (Å²) < 4.78 is 0. The van der Waals surface area contributed by atoms with E-state index in [1.807, 2.05) is 0 Å².